The molecule has 0 spiro atoms. The number of aryl methyl sites for hydroxylation is 1. The molecule has 0 radical (unpaired) electrons. The van der Waals surface area contributed by atoms with Gasteiger partial charge in [-0.05, 0) is 42.0 Å². The Hall–Kier alpha value is -3.26. The molecule has 7 nitrogen and oxygen atoms in total. The lowest BCUT2D eigenvalue weighted by atomic mass is 9.98. The molecule has 166 valence electrons. The summed E-state index contributed by atoms with van der Waals surface area (Å²) >= 11 is 1.68. The van der Waals surface area contributed by atoms with Gasteiger partial charge < -0.3 is 15.5 Å². The Morgan fingerprint density at radius 1 is 1.19 bits per heavy atom. The highest BCUT2D eigenvalue weighted by Gasteiger charge is 2.38. The summed E-state index contributed by atoms with van der Waals surface area (Å²) in [4.78, 5) is 39.6. The minimum absolute atomic E-state index is 0.0215. The number of nitrogens with zero attached hydrogens (tertiary/aromatic N) is 4. The van der Waals surface area contributed by atoms with Crippen LogP contribution < -0.4 is 5.73 Å². The Morgan fingerprint density at radius 2 is 2.03 bits per heavy atom. The number of benzene rings is 1. The van der Waals surface area contributed by atoms with E-state index in [1.54, 1.807) is 29.2 Å². The van der Waals surface area contributed by atoms with Gasteiger partial charge in [0.2, 0.25) is 11.9 Å². The number of nitrogen functional groups attached to an aromatic ring is 1. The number of piperazine rings is 1. The first kappa shape index (κ1) is 22.0. The van der Waals surface area contributed by atoms with Crippen LogP contribution in [0.25, 0.3) is 10.4 Å². The minimum Gasteiger partial charge on any atom is -0.368 e. The van der Waals surface area contributed by atoms with Gasteiger partial charge >= 0.3 is 0 Å². The van der Waals surface area contributed by atoms with Gasteiger partial charge in [-0.1, -0.05) is 37.3 Å². The summed E-state index contributed by atoms with van der Waals surface area (Å²) < 4.78 is 0. The lowest BCUT2D eigenvalue weighted by molar-refractivity contribution is -0.140. The minimum atomic E-state index is -0.585. The van der Waals surface area contributed by atoms with Crippen molar-refractivity contribution in [3.8, 4) is 10.4 Å². The van der Waals surface area contributed by atoms with Crippen LogP contribution in [0.2, 0.25) is 0 Å². The monoisotopic (exact) mass is 449 g/mol. The molecule has 2 N–H and O–H groups in total. The molecule has 8 heteroatoms. The lowest BCUT2D eigenvalue weighted by Crippen LogP contribution is -2.59. The zero-order valence-corrected chi connectivity index (χ0v) is 19.1. The van der Waals surface area contributed by atoms with Crippen LogP contribution in [0.15, 0.2) is 47.8 Å². The molecule has 0 saturated carbocycles. The fraction of sp³-hybridized carbons (Fsp3) is 0.333. The second-order valence-corrected chi connectivity index (χ2v) is 8.92. The van der Waals surface area contributed by atoms with Crippen molar-refractivity contribution >= 4 is 29.1 Å². The van der Waals surface area contributed by atoms with E-state index < -0.39 is 6.04 Å². The van der Waals surface area contributed by atoms with Crippen molar-refractivity contribution in [3.05, 3.63) is 64.8 Å². The molecule has 3 heterocycles. The van der Waals surface area contributed by atoms with Crippen LogP contribution in [0.3, 0.4) is 0 Å². The van der Waals surface area contributed by atoms with E-state index in [4.69, 9.17) is 5.73 Å². The molecule has 1 atom stereocenters. The van der Waals surface area contributed by atoms with Crippen molar-refractivity contribution in [1.29, 1.82) is 0 Å². The van der Waals surface area contributed by atoms with Crippen molar-refractivity contribution in [2.75, 3.05) is 25.4 Å². The van der Waals surface area contributed by atoms with Crippen LogP contribution in [0, 0.1) is 6.92 Å². The third-order valence-electron chi connectivity index (χ3n) is 5.59. The summed E-state index contributed by atoms with van der Waals surface area (Å²) in [5, 5.41) is 2.05. The van der Waals surface area contributed by atoms with Crippen molar-refractivity contribution in [1.82, 2.24) is 19.8 Å². The number of anilines is 1. The molecule has 0 bridgehead atoms. The predicted octanol–water partition coefficient (Wildman–Crippen LogP) is 3.40. The lowest BCUT2D eigenvalue weighted by Gasteiger charge is -2.40. The Bertz CT molecular complexity index is 1100. The predicted molar refractivity (Wildman–Crippen MR) is 126 cm³/mol. The molecule has 2 aromatic heterocycles. The molecule has 0 aliphatic carbocycles. The summed E-state index contributed by atoms with van der Waals surface area (Å²) in [7, 11) is 0. The maximum absolute atomic E-state index is 13.4. The quantitative estimate of drug-likeness (QED) is 0.623. The molecule has 1 saturated heterocycles. The van der Waals surface area contributed by atoms with Crippen LogP contribution in [0.4, 0.5) is 5.95 Å². The molecular weight excluding hydrogens is 422 g/mol. The topological polar surface area (TPSA) is 92.4 Å². The molecule has 1 aliphatic heterocycles. The summed E-state index contributed by atoms with van der Waals surface area (Å²) in [5.74, 6) is -0.248. The smallest absolute Gasteiger partial charge is 0.273 e. The van der Waals surface area contributed by atoms with E-state index >= 15 is 0 Å². The number of amides is 2. The first-order valence-corrected chi connectivity index (χ1v) is 11.7. The number of aromatic nitrogens is 2. The number of rotatable bonds is 6. The van der Waals surface area contributed by atoms with E-state index in [9.17, 15) is 9.59 Å². The molecule has 1 aromatic carbocycles. The van der Waals surface area contributed by atoms with Gasteiger partial charge in [-0.2, -0.15) is 0 Å². The van der Waals surface area contributed by atoms with Crippen LogP contribution in [-0.2, 0) is 11.2 Å². The average molecular weight is 450 g/mol. The van der Waals surface area contributed by atoms with Gasteiger partial charge in [0.05, 0.1) is 0 Å². The highest BCUT2D eigenvalue weighted by molar-refractivity contribution is 7.13. The Labute approximate surface area is 191 Å². The Morgan fingerprint density at radius 3 is 2.75 bits per heavy atom. The molecule has 2 amide bonds. The van der Waals surface area contributed by atoms with Gasteiger partial charge in [-0.3, -0.25) is 9.59 Å². The van der Waals surface area contributed by atoms with E-state index in [2.05, 4.69) is 35.1 Å². The molecule has 4 rings (SSSR count). The fourth-order valence-corrected chi connectivity index (χ4v) is 4.86. The van der Waals surface area contributed by atoms with Gasteiger partial charge in [0.15, 0.2) is 0 Å². The SMILES string of the molecule is CCCN1CCN(C(=O)c2cc(C)nc(N)n2)C(Cc2cccc(-c3cccs3)c2)C1=O. The van der Waals surface area contributed by atoms with Crippen molar-refractivity contribution < 1.29 is 9.59 Å². The van der Waals surface area contributed by atoms with E-state index in [0.717, 1.165) is 17.5 Å². The van der Waals surface area contributed by atoms with Crippen LogP contribution in [-0.4, -0.2) is 57.3 Å². The normalized spacial score (nSPS) is 16.4. The summed E-state index contributed by atoms with van der Waals surface area (Å²) in [6.07, 6.45) is 1.32. The van der Waals surface area contributed by atoms with Crippen LogP contribution in [0.5, 0.6) is 0 Å². The van der Waals surface area contributed by atoms with E-state index in [0.29, 0.717) is 31.7 Å². The van der Waals surface area contributed by atoms with Gasteiger partial charge in [0, 0.05) is 36.6 Å². The second-order valence-electron chi connectivity index (χ2n) is 7.97. The standard InChI is InChI=1S/C24H27N5O2S/c1-3-9-28-10-11-29(22(30)19-13-16(2)26-24(25)27-19)20(23(28)31)15-17-6-4-7-18(14-17)21-8-5-12-32-21/h4-8,12-14,20H,3,9-11,15H2,1-2H3,(H2,25,26,27). The number of nitrogens with two attached hydrogens (primary N) is 1. The first-order chi connectivity index (χ1) is 15.5. The van der Waals surface area contributed by atoms with Gasteiger partial charge in [-0.15, -0.1) is 11.3 Å². The number of thiophene rings is 1. The van der Waals surface area contributed by atoms with Crippen molar-refractivity contribution in [3.63, 3.8) is 0 Å². The summed E-state index contributed by atoms with van der Waals surface area (Å²) in [6.45, 7) is 5.49. The highest BCUT2D eigenvalue weighted by Crippen LogP contribution is 2.27. The first-order valence-electron chi connectivity index (χ1n) is 10.8. The maximum atomic E-state index is 13.4. The van der Waals surface area contributed by atoms with Gasteiger partial charge in [-0.25, -0.2) is 9.97 Å². The van der Waals surface area contributed by atoms with Gasteiger partial charge in [0.1, 0.15) is 11.7 Å². The second kappa shape index (κ2) is 9.48. The molecule has 3 aromatic rings. The van der Waals surface area contributed by atoms with Crippen LogP contribution in [0.1, 0.15) is 35.1 Å². The zero-order valence-electron chi connectivity index (χ0n) is 18.3. The Balaban J connectivity index is 1.65. The molecule has 32 heavy (non-hydrogen) atoms. The number of carbonyl (C=O) groups excluding carboxylic acids is 2. The number of hydrogen-bond acceptors (Lipinski definition) is 6. The van der Waals surface area contributed by atoms with Crippen LogP contribution >= 0.6 is 11.3 Å². The average Bonchev–Trinajstić information content (AvgIpc) is 3.31. The molecule has 1 unspecified atom stereocenters. The van der Waals surface area contributed by atoms with Crippen molar-refractivity contribution in [2.45, 2.75) is 32.7 Å². The van der Waals surface area contributed by atoms with E-state index in [1.807, 2.05) is 28.5 Å². The van der Waals surface area contributed by atoms with Gasteiger partial charge in [0.25, 0.3) is 5.91 Å². The fourth-order valence-electron chi connectivity index (χ4n) is 4.14. The number of hydrogen-bond donors (Lipinski definition) is 1. The number of carbonyl (C=O) groups is 2. The van der Waals surface area contributed by atoms with E-state index in [-0.39, 0.29) is 23.5 Å². The molecule has 1 fully saturated rings. The Kier molecular flexibility index (Phi) is 6.50. The molecule has 1 aliphatic rings. The third-order valence-corrected chi connectivity index (χ3v) is 6.51. The summed E-state index contributed by atoms with van der Waals surface area (Å²) in [5.41, 5.74) is 8.75. The van der Waals surface area contributed by atoms with E-state index in [1.165, 1.54) is 4.88 Å². The third kappa shape index (κ3) is 4.65. The zero-order chi connectivity index (χ0) is 22.7. The largest absolute Gasteiger partial charge is 0.368 e. The summed E-state index contributed by atoms with van der Waals surface area (Å²) in [6, 6.07) is 13.3. The highest BCUT2D eigenvalue weighted by atomic mass is 32.1. The van der Waals surface area contributed by atoms with Crippen molar-refractivity contribution in [2.24, 2.45) is 0 Å². The molecular formula is C24H27N5O2S. The maximum Gasteiger partial charge on any atom is 0.273 e.